The molecule has 0 spiro atoms. The molecule has 0 aromatic heterocycles. The van der Waals surface area contributed by atoms with Crippen LogP contribution in [0.1, 0.15) is 0 Å². The van der Waals surface area contributed by atoms with Crippen molar-refractivity contribution in [2.24, 2.45) is 0 Å². The average Bonchev–Trinajstić information content (AvgIpc) is 2.40. The van der Waals surface area contributed by atoms with Crippen molar-refractivity contribution in [2.45, 2.75) is 37.8 Å². The summed E-state index contributed by atoms with van der Waals surface area (Å²) in [7, 11) is -15.5. The van der Waals surface area contributed by atoms with Crippen LogP contribution in [0.25, 0.3) is 0 Å². The molecule has 18 heteroatoms. The molecule has 0 aromatic rings. The zero-order valence-electron chi connectivity index (χ0n) is 17.9. The van der Waals surface area contributed by atoms with Crippen molar-refractivity contribution < 1.29 is 37.6 Å². The van der Waals surface area contributed by atoms with Gasteiger partial charge in [0, 0.05) is 36.0 Å². The minimum Gasteiger partial charge on any atom is -0.416 e. The van der Waals surface area contributed by atoms with E-state index in [1.54, 1.807) is 0 Å². The molecule has 1 aliphatic rings. The zero-order valence-corrected chi connectivity index (χ0v) is 25.8. The Hall–Kier alpha value is 1.43. The third-order valence-corrected chi connectivity index (χ3v) is 26.5. The van der Waals surface area contributed by atoms with Crippen LogP contribution in [0, 0.1) is 0 Å². The Balaban J connectivity index is 2.98. The topological polar surface area (TPSA) is 130 Å². The molecule has 0 aliphatic carbocycles. The molecule has 1 aliphatic heterocycles. The van der Waals surface area contributed by atoms with Crippen LogP contribution in [-0.2, 0) is 39.0 Å². The third-order valence-electron chi connectivity index (χ3n) is 3.86. The minimum atomic E-state index is -3.19. The van der Waals surface area contributed by atoms with Crippen molar-refractivity contribution in [1.29, 1.82) is 0 Å². The highest BCUT2D eigenvalue weighted by Gasteiger charge is 2.56. The molecule has 0 aromatic carbocycles. The van der Waals surface area contributed by atoms with E-state index in [4.69, 9.17) is 12.3 Å². The van der Waals surface area contributed by atoms with Crippen molar-refractivity contribution in [3.8, 4) is 0 Å². The van der Waals surface area contributed by atoms with Gasteiger partial charge in [-0.3, -0.25) is 0 Å². The average molecular weight is 595 g/mol. The molecule has 0 bridgehead atoms. The third kappa shape index (κ3) is 12.6. The predicted octanol–water partition coefficient (Wildman–Crippen LogP) is 2.34. The predicted molar refractivity (Wildman–Crippen MR) is 134 cm³/mol. The molecular weight excluding hydrogens is 565 g/mol. The van der Waals surface area contributed by atoms with Crippen LogP contribution in [0.3, 0.4) is 0 Å². The van der Waals surface area contributed by atoms with Crippen LogP contribution in [0.5, 0.6) is 0 Å². The fourth-order valence-electron chi connectivity index (χ4n) is 2.87. The van der Waals surface area contributed by atoms with Crippen LogP contribution >= 0.6 is 32.4 Å². The Morgan fingerprint density at radius 1 is 0.533 bits per heavy atom. The summed E-state index contributed by atoms with van der Waals surface area (Å²) in [5.74, 6) is 0.978. The number of hydrogen-bond acceptors (Lipinski definition) is 12. The largest absolute Gasteiger partial charge is 0.416 e. The molecule has 30 heavy (non-hydrogen) atoms. The molecule has 1 saturated heterocycles. The molecule has 180 valence electrons. The smallest absolute Gasteiger partial charge is 0.318 e. The van der Waals surface area contributed by atoms with Gasteiger partial charge < -0.3 is 12.3 Å². The van der Waals surface area contributed by atoms with Gasteiger partial charge in [-0.2, -0.15) is 0 Å². The molecule has 0 N–H and O–H groups in total. The molecular formula is C12H30O9S6Si3. The molecule has 1 heterocycles. The lowest BCUT2D eigenvalue weighted by Crippen LogP contribution is -2.67. The van der Waals surface area contributed by atoms with Gasteiger partial charge in [0.15, 0.2) is 26.6 Å². The van der Waals surface area contributed by atoms with Gasteiger partial charge in [0.05, 0.1) is 0 Å². The van der Waals surface area contributed by atoms with Crippen molar-refractivity contribution in [1.82, 2.24) is 0 Å². The highest BCUT2D eigenvalue weighted by Crippen LogP contribution is 2.38. The maximum atomic E-state index is 11.5. The van der Waals surface area contributed by atoms with Crippen LogP contribution in [0.15, 0.2) is 0 Å². The van der Waals surface area contributed by atoms with Gasteiger partial charge >= 0.3 is 25.7 Å². The lowest BCUT2D eigenvalue weighted by molar-refractivity contribution is 0.225. The highest BCUT2D eigenvalue weighted by molar-refractivity contribution is 8.72. The van der Waals surface area contributed by atoms with Crippen molar-refractivity contribution in [2.75, 3.05) is 36.0 Å². The molecule has 0 unspecified atom stereocenters. The van der Waals surface area contributed by atoms with Gasteiger partial charge in [-0.05, 0) is 70.2 Å². The maximum absolute atomic E-state index is 11.5. The van der Waals surface area contributed by atoms with E-state index < -0.39 is 52.3 Å². The first-order valence-corrected chi connectivity index (χ1v) is 26.6. The maximum Gasteiger partial charge on any atom is 0.318 e. The van der Waals surface area contributed by atoms with Crippen LogP contribution in [-0.4, -0.2) is 87.0 Å². The quantitative estimate of drug-likeness (QED) is 0.243. The Labute approximate surface area is 194 Å². The first-order chi connectivity index (χ1) is 13.2. The van der Waals surface area contributed by atoms with E-state index in [0.717, 1.165) is 51.1 Å². The number of hydrogen-bond donors (Lipinski definition) is 0. The summed E-state index contributed by atoms with van der Waals surface area (Å²) >= 11 is 0. The molecule has 1 rings (SSSR count). The normalized spacial score (nSPS) is 31.0. The SMILES string of the molecule is C[Si]1(CCSS(C)(=O)=O)O[Si](C)(CCSS(C)(=O)=O)O[Si](C)(CCSS(C)(=O)=O)O1. The fourth-order valence-corrected chi connectivity index (χ4v) is 29.2. The van der Waals surface area contributed by atoms with E-state index in [1.807, 2.05) is 19.6 Å². The van der Waals surface area contributed by atoms with E-state index >= 15 is 0 Å². The van der Waals surface area contributed by atoms with Crippen molar-refractivity contribution in [3.05, 3.63) is 0 Å². The van der Waals surface area contributed by atoms with Gasteiger partial charge in [-0.1, -0.05) is 0 Å². The second-order valence-corrected chi connectivity index (χ2v) is 32.0. The number of rotatable bonds is 12. The summed E-state index contributed by atoms with van der Waals surface area (Å²) in [6.07, 6.45) is 3.45. The Morgan fingerprint density at radius 2 is 0.733 bits per heavy atom. The first kappa shape index (κ1) is 29.5. The van der Waals surface area contributed by atoms with Gasteiger partial charge in [0.1, 0.15) is 0 Å². The molecule has 9 nitrogen and oxygen atoms in total. The summed E-state index contributed by atoms with van der Waals surface area (Å²) in [5.41, 5.74) is 0. The monoisotopic (exact) mass is 594 g/mol. The lowest BCUT2D eigenvalue weighted by Gasteiger charge is -2.50. The standard InChI is InChI=1S/C12H30O9S6Si3/c1-25(13,14)22-7-10-28(4)19-29(5,11-8-23-26(2,15)16)21-30(6,20-28)12-9-24-27(3,17)18/h7-12H2,1-6H3. The van der Waals surface area contributed by atoms with Crippen molar-refractivity contribution in [3.63, 3.8) is 0 Å². The zero-order chi connectivity index (χ0) is 23.5. The van der Waals surface area contributed by atoms with E-state index in [1.165, 1.54) is 0 Å². The summed E-state index contributed by atoms with van der Waals surface area (Å²) in [6.45, 7) is 5.63. The van der Waals surface area contributed by atoms with Crippen molar-refractivity contribution >= 4 is 84.7 Å². The fraction of sp³-hybridized carbons (Fsp3) is 1.00. The molecule has 1 fully saturated rings. The van der Waals surface area contributed by atoms with E-state index in [-0.39, 0.29) is 0 Å². The second-order valence-electron chi connectivity index (χ2n) is 7.54. The van der Waals surface area contributed by atoms with Gasteiger partial charge in [-0.15, -0.1) is 0 Å². The van der Waals surface area contributed by atoms with E-state index in [0.29, 0.717) is 35.4 Å². The minimum absolute atomic E-state index is 0.326. The Morgan fingerprint density at radius 3 is 0.900 bits per heavy atom. The van der Waals surface area contributed by atoms with Crippen LogP contribution in [0.4, 0.5) is 0 Å². The molecule has 0 radical (unpaired) electrons. The Bertz CT molecular complexity index is 781. The summed E-state index contributed by atoms with van der Waals surface area (Å²) in [4.78, 5) is 0. The van der Waals surface area contributed by atoms with Gasteiger partial charge in [-0.25, -0.2) is 25.3 Å². The van der Waals surface area contributed by atoms with Gasteiger partial charge in [0.2, 0.25) is 0 Å². The lowest BCUT2D eigenvalue weighted by atomic mass is 11.0. The van der Waals surface area contributed by atoms with E-state index in [2.05, 4.69) is 0 Å². The van der Waals surface area contributed by atoms with Crippen LogP contribution in [0.2, 0.25) is 37.8 Å². The highest BCUT2D eigenvalue weighted by atomic mass is 33.1. The van der Waals surface area contributed by atoms with E-state index in [9.17, 15) is 25.3 Å². The Kier molecular flexibility index (Phi) is 10.6. The molecule has 0 amide bonds. The first-order valence-electron chi connectivity index (χ1n) is 8.88. The summed E-state index contributed by atoms with van der Waals surface area (Å²) in [5, 5.41) is 0. The summed E-state index contributed by atoms with van der Waals surface area (Å²) < 4.78 is 87.9. The molecule has 0 saturated carbocycles. The van der Waals surface area contributed by atoms with Crippen LogP contribution < -0.4 is 0 Å². The van der Waals surface area contributed by atoms with Gasteiger partial charge in [0.25, 0.3) is 0 Å². The second kappa shape index (κ2) is 10.8. The summed E-state index contributed by atoms with van der Waals surface area (Å²) in [6, 6.07) is 1.33. The molecule has 0 atom stereocenters.